The fourth-order valence-electron chi connectivity index (χ4n) is 3.85. The largest absolute Gasteiger partial charge is 0.304 e. The molecule has 3 aromatic carbocycles. The summed E-state index contributed by atoms with van der Waals surface area (Å²) in [6.45, 7) is 2.74. The van der Waals surface area contributed by atoms with Crippen molar-refractivity contribution in [2.75, 3.05) is 18.0 Å². The maximum absolute atomic E-state index is 13.4. The number of amides is 1. The molecule has 3 aromatic rings. The molecule has 0 spiro atoms. The third kappa shape index (κ3) is 4.27. The number of anilines is 1. The van der Waals surface area contributed by atoms with Gasteiger partial charge in [-0.2, -0.15) is 0 Å². The predicted octanol–water partition coefficient (Wildman–Crippen LogP) is 5.26. The summed E-state index contributed by atoms with van der Waals surface area (Å²) in [5.41, 5.74) is 2.85. The summed E-state index contributed by atoms with van der Waals surface area (Å²) in [6.07, 6.45) is 0.952. The smallest absolute Gasteiger partial charge is 0.258 e. The first-order chi connectivity index (χ1) is 13.7. The van der Waals surface area contributed by atoms with Crippen molar-refractivity contribution in [2.45, 2.75) is 19.0 Å². The zero-order valence-corrected chi connectivity index (χ0v) is 16.4. The standard InChI is InChI=1S/C24H23ClN2O/c25-21-11-7-10-20(16-21)24(28)27(22-12-5-2-6-13-22)23-14-15-26(18-23)17-19-8-3-1-4-9-19/h1-13,16,23H,14-15,17-18H2. The van der Waals surface area contributed by atoms with Gasteiger partial charge in [-0.15, -0.1) is 0 Å². The van der Waals surface area contributed by atoms with E-state index in [2.05, 4.69) is 29.2 Å². The van der Waals surface area contributed by atoms with Crippen LogP contribution in [0.5, 0.6) is 0 Å². The highest BCUT2D eigenvalue weighted by atomic mass is 35.5. The fourth-order valence-corrected chi connectivity index (χ4v) is 4.04. The Morgan fingerprint density at radius 1 is 0.964 bits per heavy atom. The number of benzene rings is 3. The average Bonchev–Trinajstić information content (AvgIpc) is 3.17. The van der Waals surface area contributed by atoms with E-state index in [0.29, 0.717) is 10.6 Å². The number of para-hydroxylation sites is 1. The van der Waals surface area contributed by atoms with E-state index in [1.165, 1.54) is 5.56 Å². The van der Waals surface area contributed by atoms with Crippen molar-refractivity contribution in [1.29, 1.82) is 0 Å². The molecule has 0 radical (unpaired) electrons. The second-order valence-corrected chi connectivity index (χ2v) is 7.62. The molecule has 28 heavy (non-hydrogen) atoms. The van der Waals surface area contributed by atoms with E-state index in [-0.39, 0.29) is 11.9 Å². The first kappa shape index (κ1) is 18.7. The third-order valence-corrected chi connectivity index (χ3v) is 5.42. The lowest BCUT2D eigenvalue weighted by atomic mass is 10.1. The van der Waals surface area contributed by atoms with Crippen molar-refractivity contribution in [3.63, 3.8) is 0 Å². The Kier molecular flexibility index (Phi) is 5.75. The van der Waals surface area contributed by atoms with Gasteiger partial charge in [0.25, 0.3) is 5.91 Å². The number of nitrogens with zero attached hydrogens (tertiary/aromatic N) is 2. The molecule has 4 heteroatoms. The summed E-state index contributed by atoms with van der Waals surface area (Å²) in [5.74, 6) is 0.000242. The second kappa shape index (κ2) is 8.59. The molecule has 1 fully saturated rings. The highest BCUT2D eigenvalue weighted by Gasteiger charge is 2.32. The summed E-state index contributed by atoms with van der Waals surface area (Å²) >= 11 is 6.13. The topological polar surface area (TPSA) is 23.6 Å². The molecule has 0 bridgehead atoms. The van der Waals surface area contributed by atoms with E-state index in [1.807, 2.05) is 53.4 Å². The molecule has 0 N–H and O–H groups in total. The van der Waals surface area contributed by atoms with Gasteiger partial charge in [-0.1, -0.05) is 66.2 Å². The van der Waals surface area contributed by atoms with Crippen LogP contribution in [0.2, 0.25) is 5.02 Å². The van der Waals surface area contributed by atoms with Gasteiger partial charge < -0.3 is 4.90 Å². The Bertz CT molecular complexity index is 930. The summed E-state index contributed by atoms with van der Waals surface area (Å²) in [7, 11) is 0. The van der Waals surface area contributed by atoms with Gasteiger partial charge in [0.15, 0.2) is 0 Å². The highest BCUT2D eigenvalue weighted by Crippen LogP contribution is 2.26. The van der Waals surface area contributed by atoms with Crippen LogP contribution < -0.4 is 4.90 Å². The SMILES string of the molecule is O=C(c1cccc(Cl)c1)N(c1ccccc1)C1CCN(Cc2ccccc2)C1. The number of carbonyl (C=O) groups excluding carboxylic acids is 1. The van der Waals surface area contributed by atoms with Crippen molar-refractivity contribution in [1.82, 2.24) is 4.90 Å². The average molecular weight is 391 g/mol. The van der Waals surface area contributed by atoms with Gasteiger partial charge in [-0.3, -0.25) is 9.69 Å². The minimum atomic E-state index is 0.000242. The van der Waals surface area contributed by atoms with Crippen LogP contribution in [0.25, 0.3) is 0 Å². The summed E-state index contributed by atoms with van der Waals surface area (Å²) in [4.78, 5) is 17.8. The quantitative estimate of drug-likeness (QED) is 0.593. The minimum Gasteiger partial charge on any atom is -0.304 e. The zero-order valence-electron chi connectivity index (χ0n) is 15.7. The van der Waals surface area contributed by atoms with Crippen LogP contribution in [-0.4, -0.2) is 29.9 Å². The molecule has 0 aromatic heterocycles. The molecule has 0 aliphatic carbocycles. The lowest BCUT2D eigenvalue weighted by molar-refractivity contribution is 0.0977. The van der Waals surface area contributed by atoms with E-state index in [1.54, 1.807) is 12.1 Å². The Morgan fingerprint density at radius 2 is 1.68 bits per heavy atom. The van der Waals surface area contributed by atoms with Gasteiger partial charge in [-0.25, -0.2) is 0 Å². The molecule has 3 nitrogen and oxygen atoms in total. The summed E-state index contributed by atoms with van der Waals surface area (Å²) in [5, 5.41) is 0.580. The van der Waals surface area contributed by atoms with Crippen LogP contribution in [0, 0.1) is 0 Å². The molecule has 1 heterocycles. The third-order valence-electron chi connectivity index (χ3n) is 5.19. The Hall–Kier alpha value is -2.62. The fraction of sp³-hybridized carbons (Fsp3) is 0.208. The molecular formula is C24H23ClN2O. The van der Waals surface area contributed by atoms with E-state index >= 15 is 0 Å². The Balaban J connectivity index is 1.57. The lowest BCUT2D eigenvalue weighted by Gasteiger charge is -2.29. The molecule has 142 valence electrons. The van der Waals surface area contributed by atoms with Crippen molar-refractivity contribution in [2.24, 2.45) is 0 Å². The molecule has 1 saturated heterocycles. The highest BCUT2D eigenvalue weighted by molar-refractivity contribution is 6.31. The van der Waals surface area contributed by atoms with E-state index < -0.39 is 0 Å². The number of likely N-dealkylation sites (tertiary alicyclic amines) is 1. The molecule has 1 aliphatic rings. The van der Waals surface area contributed by atoms with Gasteiger partial charge >= 0.3 is 0 Å². The van der Waals surface area contributed by atoms with Gasteiger partial charge in [0.05, 0.1) is 6.04 Å². The molecule has 1 amide bonds. The lowest BCUT2D eigenvalue weighted by Crippen LogP contribution is -2.42. The summed E-state index contributed by atoms with van der Waals surface area (Å²) < 4.78 is 0. The number of carbonyl (C=O) groups is 1. The number of halogens is 1. The van der Waals surface area contributed by atoms with Crippen LogP contribution in [0.3, 0.4) is 0 Å². The van der Waals surface area contributed by atoms with Crippen LogP contribution >= 0.6 is 11.6 Å². The number of hydrogen-bond acceptors (Lipinski definition) is 2. The zero-order chi connectivity index (χ0) is 19.3. The molecule has 4 rings (SSSR count). The van der Waals surface area contributed by atoms with E-state index in [4.69, 9.17) is 11.6 Å². The molecule has 0 saturated carbocycles. The predicted molar refractivity (Wildman–Crippen MR) is 115 cm³/mol. The molecular weight excluding hydrogens is 368 g/mol. The van der Waals surface area contributed by atoms with Crippen molar-refractivity contribution < 1.29 is 4.79 Å². The maximum Gasteiger partial charge on any atom is 0.258 e. The number of rotatable bonds is 5. The molecule has 1 unspecified atom stereocenters. The first-order valence-electron chi connectivity index (χ1n) is 9.61. The van der Waals surface area contributed by atoms with Crippen molar-refractivity contribution in [3.05, 3.63) is 101 Å². The summed E-state index contributed by atoms with van der Waals surface area (Å²) in [6, 6.07) is 27.8. The second-order valence-electron chi connectivity index (χ2n) is 7.18. The van der Waals surface area contributed by atoms with Gasteiger partial charge in [0, 0.05) is 35.9 Å². The van der Waals surface area contributed by atoms with Crippen LogP contribution in [0.15, 0.2) is 84.9 Å². The minimum absolute atomic E-state index is 0.000242. The maximum atomic E-state index is 13.4. The number of hydrogen-bond donors (Lipinski definition) is 0. The van der Waals surface area contributed by atoms with Crippen LogP contribution in [0.1, 0.15) is 22.3 Å². The molecule has 1 atom stereocenters. The Morgan fingerprint density at radius 3 is 2.39 bits per heavy atom. The normalized spacial score (nSPS) is 16.8. The van der Waals surface area contributed by atoms with Crippen LogP contribution in [-0.2, 0) is 6.54 Å². The van der Waals surface area contributed by atoms with Gasteiger partial charge in [0.1, 0.15) is 0 Å². The van der Waals surface area contributed by atoms with Crippen LogP contribution in [0.4, 0.5) is 5.69 Å². The van der Waals surface area contributed by atoms with E-state index in [9.17, 15) is 4.79 Å². The monoisotopic (exact) mass is 390 g/mol. The van der Waals surface area contributed by atoms with Crippen molar-refractivity contribution in [3.8, 4) is 0 Å². The Labute approximate surface area is 171 Å². The van der Waals surface area contributed by atoms with Gasteiger partial charge in [-0.05, 0) is 42.3 Å². The molecule has 1 aliphatic heterocycles. The first-order valence-corrected chi connectivity index (χ1v) is 9.99. The van der Waals surface area contributed by atoms with Crippen molar-refractivity contribution >= 4 is 23.2 Å². The van der Waals surface area contributed by atoms with Gasteiger partial charge in [0.2, 0.25) is 0 Å². The van der Waals surface area contributed by atoms with E-state index in [0.717, 1.165) is 31.7 Å².